The minimum atomic E-state index is -0.360. The number of nitrogens with one attached hydrogen (secondary N) is 1. The van der Waals surface area contributed by atoms with E-state index in [1.165, 1.54) is 18.9 Å². The number of thioether (sulfide) groups is 1. The first-order valence-corrected chi connectivity index (χ1v) is 7.73. The highest BCUT2D eigenvalue weighted by Gasteiger charge is 2.07. The second-order valence-corrected chi connectivity index (χ2v) is 5.58. The number of nitrogens with zero attached hydrogens (tertiary/aromatic N) is 3. The molecule has 0 amide bonds. The number of hydrogen-bond acceptors (Lipinski definition) is 7. The van der Waals surface area contributed by atoms with Crippen LogP contribution >= 0.6 is 11.8 Å². The van der Waals surface area contributed by atoms with Crippen LogP contribution in [-0.2, 0) is 16.0 Å². The Hall–Kier alpha value is -2.22. The summed E-state index contributed by atoms with van der Waals surface area (Å²) < 4.78 is 4.64. The molecule has 0 saturated heterocycles. The summed E-state index contributed by atoms with van der Waals surface area (Å²) in [6, 6.07) is 7.09. The number of methoxy groups -OCH3 is 1. The molecule has 1 N–H and O–H groups in total. The lowest BCUT2D eigenvalue weighted by molar-refractivity contribution is -0.118. The SMILES string of the molecule is COC(=O)c1ccc(CCC(=O)CCSc2nn[nH]n2)cc1. The van der Waals surface area contributed by atoms with E-state index in [1.807, 2.05) is 12.1 Å². The van der Waals surface area contributed by atoms with Gasteiger partial charge in [0.05, 0.1) is 12.7 Å². The fourth-order valence-corrected chi connectivity index (χ4v) is 2.52. The molecule has 0 aliphatic carbocycles. The fourth-order valence-electron chi connectivity index (χ4n) is 1.80. The van der Waals surface area contributed by atoms with E-state index in [1.54, 1.807) is 12.1 Å². The molecule has 7 nitrogen and oxygen atoms in total. The number of ketones is 1. The first-order valence-electron chi connectivity index (χ1n) is 6.74. The van der Waals surface area contributed by atoms with E-state index < -0.39 is 0 Å². The number of ether oxygens (including phenoxy) is 1. The highest BCUT2D eigenvalue weighted by molar-refractivity contribution is 7.99. The van der Waals surface area contributed by atoms with Crippen LogP contribution in [0.25, 0.3) is 0 Å². The fraction of sp³-hybridized carbons (Fsp3) is 0.357. The van der Waals surface area contributed by atoms with Crippen molar-refractivity contribution >= 4 is 23.5 Å². The van der Waals surface area contributed by atoms with E-state index in [0.29, 0.717) is 35.7 Å². The third-order valence-electron chi connectivity index (χ3n) is 3.01. The van der Waals surface area contributed by atoms with E-state index in [2.05, 4.69) is 25.4 Å². The van der Waals surface area contributed by atoms with Crippen LogP contribution in [0, 0.1) is 0 Å². The molecular formula is C14H16N4O3S. The van der Waals surface area contributed by atoms with Gasteiger partial charge in [0, 0.05) is 18.6 Å². The molecule has 22 heavy (non-hydrogen) atoms. The number of Topliss-reactive ketones (excluding diaryl/α,β-unsaturated/α-hetero) is 1. The lowest BCUT2D eigenvalue weighted by Gasteiger charge is -2.03. The first-order chi connectivity index (χ1) is 10.7. The molecule has 0 aliphatic heterocycles. The third-order valence-corrected chi connectivity index (χ3v) is 3.84. The van der Waals surface area contributed by atoms with E-state index in [-0.39, 0.29) is 11.8 Å². The molecule has 8 heteroatoms. The topological polar surface area (TPSA) is 97.8 Å². The molecule has 116 valence electrons. The van der Waals surface area contributed by atoms with Crippen LogP contribution in [0.15, 0.2) is 29.4 Å². The normalized spacial score (nSPS) is 10.4. The molecule has 0 aliphatic rings. The molecule has 2 aromatic rings. The van der Waals surface area contributed by atoms with Gasteiger partial charge in [0.1, 0.15) is 5.78 Å². The van der Waals surface area contributed by atoms with Crippen molar-refractivity contribution in [1.29, 1.82) is 0 Å². The van der Waals surface area contributed by atoms with Crippen LogP contribution in [0.1, 0.15) is 28.8 Å². The maximum atomic E-state index is 11.8. The largest absolute Gasteiger partial charge is 0.465 e. The van der Waals surface area contributed by atoms with Crippen molar-refractivity contribution in [3.05, 3.63) is 35.4 Å². The summed E-state index contributed by atoms with van der Waals surface area (Å²) in [5, 5.41) is 14.0. The minimum absolute atomic E-state index is 0.188. The number of rotatable bonds is 8. The molecule has 2 rings (SSSR count). The number of hydrogen-bond donors (Lipinski definition) is 1. The highest BCUT2D eigenvalue weighted by atomic mass is 32.2. The monoisotopic (exact) mass is 320 g/mol. The summed E-state index contributed by atoms with van der Waals surface area (Å²) in [5.74, 6) is 0.466. The van der Waals surface area contributed by atoms with Crippen LogP contribution in [0.4, 0.5) is 0 Å². The molecule has 0 fully saturated rings. The number of carbonyl (C=O) groups is 2. The molecule has 1 aromatic carbocycles. The molecule has 0 saturated carbocycles. The van der Waals surface area contributed by atoms with Gasteiger partial charge in [-0.2, -0.15) is 5.21 Å². The maximum Gasteiger partial charge on any atom is 0.337 e. The molecule has 0 radical (unpaired) electrons. The number of tetrazole rings is 1. The Balaban J connectivity index is 1.70. The molecule has 0 unspecified atom stereocenters. The van der Waals surface area contributed by atoms with Crippen molar-refractivity contribution in [3.8, 4) is 0 Å². The predicted octanol–water partition coefficient (Wildman–Crippen LogP) is 1.67. The Labute approximate surface area is 131 Å². The van der Waals surface area contributed by atoms with Crippen molar-refractivity contribution in [2.24, 2.45) is 0 Å². The van der Waals surface area contributed by atoms with Crippen LogP contribution in [0.3, 0.4) is 0 Å². The van der Waals surface area contributed by atoms with Gasteiger partial charge >= 0.3 is 5.97 Å². The average Bonchev–Trinajstić information content (AvgIpc) is 3.06. The summed E-state index contributed by atoms with van der Waals surface area (Å²) >= 11 is 1.40. The Morgan fingerprint density at radius 3 is 2.64 bits per heavy atom. The Kier molecular flexibility index (Phi) is 6.08. The van der Waals surface area contributed by atoms with Gasteiger partial charge in [-0.1, -0.05) is 23.9 Å². The van der Waals surface area contributed by atoms with E-state index in [0.717, 1.165) is 5.56 Å². The van der Waals surface area contributed by atoms with Gasteiger partial charge in [-0.25, -0.2) is 4.79 Å². The number of aromatic nitrogens is 4. The van der Waals surface area contributed by atoms with Gasteiger partial charge in [-0.3, -0.25) is 4.79 Å². The number of benzene rings is 1. The van der Waals surface area contributed by atoms with E-state index >= 15 is 0 Å². The van der Waals surface area contributed by atoms with Crippen LogP contribution in [0.2, 0.25) is 0 Å². The number of carbonyl (C=O) groups excluding carboxylic acids is 2. The van der Waals surface area contributed by atoms with Gasteiger partial charge in [0.15, 0.2) is 0 Å². The van der Waals surface area contributed by atoms with Crippen LogP contribution in [0.5, 0.6) is 0 Å². The smallest absolute Gasteiger partial charge is 0.337 e. The zero-order valence-corrected chi connectivity index (χ0v) is 12.9. The third kappa shape index (κ3) is 4.96. The lowest BCUT2D eigenvalue weighted by Crippen LogP contribution is -2.03. The molecule has 1 heterocycles. The second-order valence-electron chi connectivity index (χ2n) is 4.52. The summed E-state index contributed by atoms with van der Waals surface area (Å²) in [6.07, 6.45) is 1.61. The van der Waals surface area contributed by atoms with Gasteiger partial charge in [0.25, 0.3) is 0 Å². The molecular weight excluding hydrogens is 304 g/mol. The van der Waals surface area contributed by atoms with Gasteiger partial charge in [-0.05, 0) is 29.3 Å². The zero-order valence-electron chi connectivity index (χ0n) is 12.1. The van der Waals surface area contributed by atoms with Gasteiger partial charge in [0.2, 0.25) is 5.16 Å². The highest BCUT2D eigenvalue weighted by Crippen LogP contribution is 2.13. The van der Waals surface area contributed by atoms with Gasteiger partial charge in [-0.15, -0.1) is 10.2 Å². The van der Waals surface area contributed by atoms with Gasteiger partial charge < -0.3 is 4.74 Å². The Bertz CT molecular complexity index is 614. The minimum Gasteiger partial charge on any atom is -0.465 e. The van der Waals surface area contributed by atoms with E-state index in [9.17, 15) is 9.59 Å². The molecule has 1 aromatic heterocycles. The average molecular weight is 320 g/mol. The molecule has 0 atom stereocenters. The summed E-state index contributed by atoms with van der Waals surface area (Å²) in [4.78, 5) is 23.1. The lowest BCUT2D eigenvalue weighted by atomic mass is 10.0. The number of aromatic amines is 1. The van der Waals surface area contributed by atoms with Crippen molar-refractivity contribution < 1.29 is 14.3 Å². The molecule has 0 spiro atoms. The summed E-state index contributed by atoms with van der Waals surface area (Å²) in [6.45, 7) is 0. The van der Waals surface area contributed by atoms with Crippen molar-refractivity contribution in [3.63, 3.8) is 0 Å². The van der Waals surface area contributed by atoms with Crippen LogP contribution < -0.4 is 0 Å². The van der Waals surface area contributed by atoms with Crippen molar-refractivity contribution in [2.75, 3.05) is 12.9 Å². The standard InChI is InChI=1S/C14H16N4O3S/c1-21-13(20)11-5-2-10(3-6-11)4-7-12(19)8-9-22-14-15-17-18-16-14/h2-3,5-6H,4,7-9H2,1H3,(H,15,16,17,18). The first kappa shape index (κ1) is 16.2. The van der Waals surface area contributed by atoms with Crippen LogP contribution in [-0.4, -0.2) is 45.2 Å². The molecule has 0 bridgehead atoms. The maximum absolute atomic E-state index is 11.8. The quantitative estimate of drug-likeness (QED) is 0.583. The second kappa shape index (κ2) is 8.28. The number of esters is 1. The summed E-state index contributed by atoms with van der Waals surface area (Å²) in [7, 11) is 1.35. The Morgan fingerprint density at radius 1 is 1.23 bits per heavy atom. The van der Waals surface area contributed by atoms with Crippen molar-refractivity contribution in [2.45, 2.75) is 24.4 Å². The predicted molar refractivity (Wildman–Crippen MR) is 80.6 cm³/mol. The van der Waals surface area contributed by atoms with E-state index in [4.69, 9.17) is 0 Å². The van der Waals surface area contributed by atoms with Crippen molar-refractivity contribution in [1.82, 2.24) is 20.6 Å². The zero-order chi connectivity index (χ0) is 15.8. The summed E-state index contributed by atoms with van der Waals surface area (Å²) in [5.41, 5.74) is 1.53. The number of aryl methyl sites for hydroxylation is 1. The Morgan fingerprint density at radius 2 is 2.00 bits per heavy atom. The number of H-pyrrole nitrogens is 1.